The fraction of sp³-hybridized carbons (Fsp3) is 0.333. The molecule has 0 bridgehead atoms. The van der Waals surface area contributed by atoms with Crippen LogP contribution < -0.4 is 5.73 Å². The van der Waals surface area contributed by atoms with Crippen LogP contribution in [0.5, 0.6) is 0 Å². The number of thiophene rings is 1. The van der Waals surface area contributed by atoms with Crippen LogP contribution in [0.2, 0.25) is 0 Å². The van der Waals surface area contributed by atoms with Gasteiger partial charge < -0.3 is 10.8 Å². The molecule has 0 aromatic carbocycles. The molecule has 0 spiro atoms. The number of anilines is 1. The molecular weight excluding hydrogens is 236 g/mol. The smallest absolute Gasteiger partial charge is 0.348 e. The predicted octanol–water partition coefficient (Wildman–Crippen LogP) is 2.37. The molecule has 2 aromatic heterocycles. The molecule has 0 aliphatic heterocycles. The number of nitrogen functional groups attached to an aromatic ring is 1. The van der Waals surface area contributed by atoms with Crippen molar-refractivity contribution in [2.24, 2.45) is 0 Å². The number of hydrogen-bond donors (Lipinski definition) is 2. The Morgan fingerprint density at radius 2 is 2.12 bits per heavy atom. The van der Waals surface area contributed by atoms with E-state index in [9.17, 15) is 4.79 Å². The maximum Gasteiger partial charge on any atom is 0.348 e. The molecule has 2 heterocycles. The highest BCUT2D eigenvalue weighted by atomic mass is 32.1. The summed E-state index contributed by atoms with van der Waals surface area (Å²) in [4.78, 5) is 16.5. The number of carbonyl (C=O) groups is 1. The maximum atomic E-state index is 11.1. The van der Waals surface area contributed by atoms with E-state index in [2.05, 4.69) is 4.98 Å². The van der Waals surface area contributed by atoms with Crippen molar-refractivity contribution in [3.8, 4) is 0 Å². The lowest BCUT2D eigenvalue weighted by atomic mass is 10.1. The molecule has 17 heavy (non-hydrogen) atoms. The van der Waals surface area contributed by atoms with E-state index in [0.717, 1.165) is 35.2 Å². The number of carboxylic acid groups (broad SMARTS) is 1. The molecule has 0 unspecified atom stereocenters. The van der Waals surface area contributed by atoms with Crippen LogP contribution >= 0.6 is 11.3 Å². The van der Waals surface area contributed by atoms with Crippen molar-refractivity contribution in [3.05, 3.63) is 21.7 Å². The summed E-state index contributed by atoms with van der Waals surface area (Å²) in [7, 11) is 0. The summed E-state index contributed by atoms with van der Waals surface area (Å²) in [6, 6.07) is 0. The lowest BCUT2D eigenvalue weighted by Gasteiger charge is -2.05. The summed E-state index contributed by atoms with van der Waals surface area (Å²) in [5.74, 6) is -0.963. The molecule has 0 atom stereocenters. The van der Waals surface area contributed by atoms with E-state index in [0.29, 0.717) is 5.69 Å². The van der Waals surface area contributed by atoms with Crippen LogP contribution in [0.1, 0.15) is 32.9 Å². The topological polar surface area (TPSA) is 76.2 Å². The van der Waals surface area contributed by atoms with Crippen molar-refractivity contribution in [3.63, 3.8) is 0 Å². The largest absolute Gasteiger partial charge is 0.477 e. The third-order valence-corrected chi connectivity index (χ3v) is 4.43. The van der Waals surface area contributed by atoms with Crippen molar-refractivity contribution in [1.82, 2.24) is 4.98 Å². The van der Waals surface area contributed by atoms with Gasteiger partial charge in [-0.3, -0.25) is 0 Å². The Morgan fingerprint density at radius 3 is 2.82 bits per heavy atom. The number of nitrogens with two attached hydrogens (primary N) is 1. The highest BCUT2D eigenvalue weighted by molar-refractivity contribution is 7.21. The minimum atomic E-state index is -0.963. The zero-order chi connectivity index (χ0) is 12.2. The van der Waals surface area contributed by atoms with Crippen molar-refractivity contribution >= 4 is 33.2 Å². The molecule has 3 rings (SSSR count). The second kappa shape index (κ2) is 3.43. The van der Waals surface area contributed by atoms with Crippen LogP contribution in [0.3, 0.4) is 0 Å². The molecule has 1 aliphatic rings. The Hall–Kier alpha value is -1.62. The van der Waals surface area contributed by atoms with Gasteiger partial charge in [-0.2, -0.15) is 0 Å². The lowest BCUT2D eigenvalue weighted by molar-refractivity contribution is 0.0703. The van der Waals surface area contributed by atoms with Crippen molar-refractivity contribution in [2.45, 2.75) is 26.2 Å². The minimum absolute atomic E-state index is 0.215. The number of rotatable bonds is 1. The first-order chi connectivity index (χ1) is 8.09. The number of hydrogen-bond acceptors (Lipinski definition) is 4. The fourth-order valence-corrected chi connectivity index (χ4v) is 3.61. The fourth-order valence-electron chi connectivity index (χ4n) is 2.60. The SMILES string of the molecule is Cc1nc2sc(C(=O)O)c(N)c2c2c1CCC2. The monoisotopic (exact) mass is 248 g/mol. The van der Waals surface area contributed by atoms with E-state index in [1.807, 2.05) is 6.92 Å². The van der Waals surface area contributed by atoms with Crippen LogP contribution in [0, 0.1) is 6.92 Å². The number of aryl methyl sites for hydroxylation is 2. The van der Waals surface area contributed by atoms with Gasteiger partial charge in [0.2, 0.25) is 0 Å². The van der Waals surface area contributed by atoms with Gasteiger partial charge in [-0.25, -0.2) is 9.78 Å². The average molecular weight is 248 g/mol. The quantitative estimate of drug-likeness (QED) is 0.812. The zero-order valence-corrected chi connectivity index (χ0v) is 10.2. The molecule has 0 radical (unpaired) electrons. The first kappa shape index (κ1) is 10.5. The summed E-state index contributed by atoms with van der Waals surface area (Å²) in [6.07, 6.45) is 3.12. The van der Waals surface area contributed by atoms with Crippen LogP contribution in [0.15, 0.2) is 0 Å². The Morgan fingerprint density at radius 1 is 1.41 bits per heavy atom. The van der Waals surface area contributed by atoms with E-state index in [1.54, 1.807) is 0 Å². The molecule has 0 saturated carbocycles. The molecule has 88 valence electrons. The highest BCUT2D eigenvalue weighted by Gasteiger charge is 2.24. The molecule has 1 aliphatic carbocycles. The van der Waals surface area contributed by atoms with Gasteiger partial charge in [0.05, 0.1) is 5.69 Å². The summed E-state index contributed by atoms with van der Waals surface area (Å²) in [6.45, 7) is 1.99. The zero-order valence-electron chi connectivity index (χ0n) is 9.41. The third kappa shape index (κ3) is 1.35. The van der Waals surface area contributed by atoms with Gasteiger partial charge in [0.15, 0.2) is 0 Å². The molecule has 0 fully saturated rings. The van der Waals surface area contributed by atoms with Gasteiger partial charge in [0.25, 0.3) is 0 Å². The molecule has 4 nitrogen and oxygen atoms in total. The van der Waals surface area contributed by atoms with Gasteiger partial charge in [0, 0.05) is 11.1 Å². The number of fused-ring (bicyclic) bond motifs is 3. The van der Waals surface area contributed by atoms with E-state index in [1.165, 1.54) is 22.5 Å². The minimum Gasteiger partial charge on any atom is -0.477 e. The van der Waals surface area contributed by atoms with Crippen molar-refractivity contribution < 1.29 is 9.90 Å². The summed E-state index contributed by atoms with van der Waals surface area (Å²) in [5, 5.41) is 9.97. The van der Waals surface area contributed by atoms with Gasteiger partial charge in [-0.1, -0.05) is 0 Å². The first-order valence-electron chi connectivity index (χ1n) is 5.53. The second-order valence-corrected chi connectivity index (χ2v) is 5.34. The third-order valence-electron chi connectivity index (χ3n) is 3.35. The van der Waals surface area contributed by atoms with Crippen LogP contribution in [0.4, 0.5) is 5.69 Å². The standard InChI is InChI=1S/C12H12N2O2S/c1-5-6-3-2-4-7(6)8-9(13)10(12(15)16)17-11(8)14-5/h2-4,13H2,1H3,(H,15,16). The van der Waals surface area contributed by atoms with E-state index in [4.69, 9.17) is 10.8 Å². The molecule has 0 saturated heterocycles. The van der Waals surface area contributed by atoms with Gasteiger partial charge in [-0.05, 0) is 37.3 Å². The number of pyridine rings is 1. The Kier molecular flexibility index (Phi) is 2.13. The Balaban J connectivity index is 2.43. The van der Waals surface area contributed by atoms with E-state index < -0.39 is 5.97 Å². The molecule has 5 heteroatoms. The normalized spacial score (nSPS) is 14.2. The molecule has 3 N–H and O–H groups in total. The number of carboxylic acids is 1. The van der Waals surface area contributed by atoms with Gasteiger partial charge >= 0.3 is 5.97 Å². The summed E-state index contributed by atoms with van der Waals surface area (Å²) in [5.41, 5.74) is 9.84. The number of aromatic nitrogens is 1. The Labute approximate surface area is 102 Å². The number of aromatic carboxylic acids is 1. The summed E-state index contributed by atoms with van der Waals surface area (Å²) >= 11 is 1.18. The van der Waals surface area contributed by atoms with Crippen LogP contribution in [0.25, 0.3) is 10.2 Å². The van der Waals surface area contributed by atoms with Crippen LogP contribution in [-0.2, 0) is 12.8 Å². The highest BCUT2D eigenvalue weighted by Crippen LogP contribution is 2.40. The lowest BCUT2D eigenvalue weighted by Crippen LogP contribution is -1.98. The average Bonchev–Trinajstić information content (AvgIpc) is 2.83. The van der Waals surface area contributed by atoms with Crippen LogP contribution in [-0.4, -0.2) is 16.1 Å². The van der Waals surface area contributed by atoms with Gasteiger partial charge in [-0.15, -0.1) is 11.3 Å². The molecule has 2 aromatic rings. The summed E-state index contributed by atoms with van der Waals surface area (Å²) < 4.78 is 0. The van der Waals surface area contributed by atoms with Crippen molar-refractivity contribution in [1.29, 1.82) is 0 Å². The van der Waals surface area contributed by atoms with Gasteiger partial charge in [0.1, 0.15) is 9.71 Å². The molecule has 0 amide bonds. The predicted molar refractivity (Wildman–Crippen MR) is 67.8 cm³/mol. The number of nitrogens with zero attached hydrogens (tertiary/aromatic N) is 1. The maximum absolute atomic E-state index is 11.1. The molecular formula is C12H12N2O2S. The first-order valence-corrected chi connectivity index (χ1v) is 6.35. The van der Waals surface area contributed by atoms with E-state index >= 15 is 0 Å². The van der Waals surface area contributed by atoms with E-state index in [-0.39, 0.29) is 4.88 Å². The Bertz CT molecular complexity index is 646. The van der Waals surface area contributed by atoms with Crippen molar-refractivity contribution in [2.75, 3.05) is 5.73 Å². The second-order valence-electron chi connectivity index (χ2n) is 4.34.